The standard InChI is InChI=1S/C13H13N5O3/c1-2-20-11-4-3-9(7-16-11)13-17-12(21-18-13)8-15-10(19)5-6-14/h3-4,7H,2,5,8H2,1H3,(H,15,19). The largest absolute Gasteiger partial charge is 0.478 e. The van der Waals surface area contributed by atoms with Crippen molar-refractivity contribution < 1.29 is 14.1 Å². The van der Waals surface area contributed by atoms with Gasteiger partial charge in [-0.05, 0) is 13.0 Å². The van der Waals surface area contributed by atoms with E-state index in [-0.39, 0.29) is 24.8 Å². The van der Waals surface area contributed by atoms with Gasteiger partial charge in [-0.15, -0.1) is 0 Å². The third-order valence-electron chi connectivity index (χ3n) is 2.43. The third kappa shape index (κ3) is 4.01. The van der Waals surface area contributed by atoms with Gasteiger partial charge in [-0.1, -0.05) is 5.16 Å². The van der Waals surface area contributed by atoms with Crippen LogP contribution in [0.4, 0.5) is 0 Å². The van der Waals surface area contributed by atoms with Crippen LogP contribution in [0.2, 0.25) is 0 Å². The van der Waals surface area contributed by atoms with Crippen LogP contribution in [-0.4, -0.2) is 27.6 Å². The maximum absolute atomic E-state index is 11.1. The number of nitrogens with one attached hydrogen (secondary N) is 1. The van der Waals surface area contributed by atoms with Crippen LogP contribution in [0.3, 0.4) is 0 Å². The zero-order valence-electron chi connectivity index (χ0n) is 11.4. The van der Waals surface area contributed by atoms with Gasteiger partial charge in [0.05, 0.1) is 19.2 Å². The van der Waals surface area contributed by atoms with Crippen LogP contribution in [0.25, 0.3) is 11.4 Å². The highest BCUT2D eigenvalue weighted by atomic mass is 16.5. The summed E-state index contributed by atoms with van der Waals surface area (Å²) < 4.78 is 10.2. The normalized spacial score (nSPS) is 9.90. The van der Waals surface area contributed by atoms with E-state index in [0.717, 1.165) is 0 Å². The molecule has 0 saturated carbocycles. The summed E-state index contributed by atoms with van der Waals surface area (Å²) in [5.74, 6) is 0.758. The Bertz CT molecular complexity index is 645. The van der Waals surface area contributed by atoms with Crippen LogP contribution < -0.4 is 10.1 Å². The Hall–Kier alpha value is -2.95. The molecule has 1 amide bonds. The van der Waals surface area contributed by atoms with Crippen LogP contribution in [0, 0.1) is 11.3 Å². The second-order valence-corrected chi connectivity index (χ2v) is 3.94. The molecule has 21 heavy (non-hydrogen) atoms. The number of aromatic nitrogens is 3. The summed E-state index contributed by atoms with van der Waals surface area (Å²) in [6.07, 6.45) is 1.37. The smallest absolute Gasteiger partial charge is 0.246 e. The summed E-state index contributed by atoms with van der Waals surface area (Å²) in [6, 6.07) is 5.23. The molecule has 108 valence electrons. The Morgan fingerprint density at radius 1 is 1.52 bits per heavy atom. The first-order valence-electron chi connectivity index (χ1n) is 6.28. The summed E-state index contributed by atoms with van der Waals surface area (Å²) in [5, 5.41) is 14.7. The first-order chi connectivity index (χ1) is 10.2. The van der Waals surface area contributed by atoms with Gasteiger partial charge >= 0.3 is 0 Å². The van der Waals surface area contributed by atoms with Crippen LogP contribution >= 0.6 is 0 Å². The number of nitrogens with zero attached hydrogens (tertiary/aromatic N) is 4. The van der Waals surface area contributed by atoms with Crippen LogP contribution in [-0.2, 0) is 11.3 Å². The fourth-order valence-electron chi connectivity index (χ4n) is 1.50. The third-order valence-corrected chi connectivity index (χ3v) is 2.43. The topological polar surface area (TPSA) is 114 Å². The number of pyridine rings is 1. The first kappa shape index (κ1) is 14.5. The monoisotopic (exact) mass is 287 g/mol. The summed E-state index contributed by atoms with van der Waals surface area (Å²) in [7, 11) is 0. The summed E-state index contributed by atoms with van der Waals surface area (Å²) in [4.78, 5) is 19.4. The Morgan fingerprint density at radius 2 is 2.38 bits per heavy atom. The molecule has 0 aliphatic carbocycles. The number of ether oxygens (including phenoxy) is 1. The van der Waals surface area contributed by atoms with Gasteiger partial charge in [-0.25, -0.2) is 4.98 Å². The Morgan fingerprint density at radius 3 is 3.05 bits per heavy atom. The fourth-order valence-corrected chi connectivity index (χ4v) is 1.50. The molecule has 0 atom stereocenters. The molecule has 0 aliphatic heterocycles. The van der Waals surface area contributed by atoms with Gasteiger partial charge in [-0.3, -0.25) is 4.79 Å². The van der Waals surface area contributed by atoms with E-state index >= 15 is 0 Å². The Balaban J connectivity index is 1.99. The molecule has 0 aliphatic rings. The maximum atomic E-state index is 11.1. The molecule has 0 unspecified atom stereocenters. The predicted molar refractivity (Wildman–Crippen MR) is 70.8 cm³/mol. The number of hydrogen-bond donors (Lipinski definition) is 1. The molecular formula is C13H13N5O3. The molecule has 0 radical (unpaired) electrons. The molecule has 2 aromatic rings. The van der Waals surface area contributed by atoms with E-state index in [4.69, 9.17) is 14.5 Å². The molecule has 8 nitrogen and oxygen atoms in total. The number of carbonyl (C=O) groups excluding carboxylic acids is 1. The first-order valence-corrected chi connectivity index (χ1v) is 6.28. The van der Waals surface area contributed by atoms with Gasteiger partial charge in [0, 0.05) is 17.8 Å². The van der Waals surface area contributed by atoms with E-state index < -0.39 is 0 Å². The van der Waals surface area contributed by atoms with E-state index in [9.17, 15) is 4.79 Å². The lowest BCUT2D eigenvalue weighted by Crippen LogP contribution is -2.21. The molecule has 8 heteroatoms. The molecule has 2 heterocycles. The van der Waals surface area contributed by atoms with Gasteiger partial charge in [0.2, 0.25) is 23.5 Å². The molecule has 2 rings (SSSR count). The minimum absolute atomic E-state index is 0.0813. The van der Waals surface area contributed by atoms with Crippen molar-refractivity contribution in [3.8, 4) is 23.3 Å². The van der Waals surface area contributed by atoms with Crippen molar-refractivity contribution in [2.24, 2.45) is 0 Å². The maximum Gasteiger partial charge on any atom is 0.246 e. The molecule has 0 bridgehead atoms. The van der Waals surface area contributed by atoms with Crippen LogP contribution in [0.15, 0.2) is 22.9 Å². The van der Waals surface area contributed by atoms with Crippen molar-refractivity contribution in [2.75, 3.05) is 6.61 Å². The minimum atomic E-state index is -0.389. The molecule has 0 fully saturated rings. The van der Waals surface area contributed by atoms with E-state index in [1.807, 2.05) is 6.92 Å². The highest BCUT2D eigenvalue weighted by Gasteiger charge is 2.10. The second-order valence-electron chi connectivity index (χ2n) is 3.94. The lowest BCUT2D eigenvalue weighted by Gasteiger charge is -2.00. The second kappa shape index (κ2) is 7.00. The SMILES string of the molecule is CCOc1ccc(-c2noc(CNC(=O)CC#N)n2)cn1. The number of nitriles is 1. The zero-order valence-corrected chi connectivity index (χ0v) is 11.4. The molecular weight excluding hydrogens is 274 g/mol. The fraction of sp³-hybridized carbons (Fsp3) is 0.308. The van der Waals surface area contributed by atoms with Crippen molar-refractivity contribution in [3.05, 3.63) is 24.2 Å². The summed E-state index contributed by atoms with van der Waals surface area (Å²) >= 11 is 0. The van der Waals surface area contributed by atoms with Gasteiger partial charge in [-0.2, -0.15) is 10.2 Å². The van der Waals surface area contributed by atoms with Gasteiger partial charge < -0.3 is 14.6 Å². The van der Waals surface area contributed by atoms with Crippen LogP contribution in [0.1, 0.15) is 19.2 Å². The summed E-state index contributed by atoms with van der Waals surface area (Å²) in [5.41, 5.74) is 0.678. The number of amides is 1. The highest BCUT2D eigenvalue weighted by molar-refractivity contribution is 5.77. The van der Waals surface area contributed by atoms with Gasteiger partial charge in [0.1, 0.15) is 6.42 Å². The Kier molecular flexibility index (Phi) is 4.82. The van der Waals surface area contributed by atoms with E-state index in [1.54, 1.807) is 24.4 Å². The molecule has 0 saturated heterocycles. The highest BCUT2D eigenvalue weighted by Crippen LogP contribution is 2.17. The van der Waals surface area contributed by atoms with E-state index in [2.05, 4.69) is 20.4 Å². The van der Waals surface area contributed by atoms with Crippen molar-refractivity contribution in [1.82, 2.24) is 20.4 Å². The molecule has 0 aromatic carbocycles. The zero-order chi connectivity index (χ0) is 15.1. The molecule has 2 aromatic heterocycles. The predicted octanol–water partition coefficient (Wildman–Crippen LogP) is 1.06. The number of carbonyl (C=O) groups is 1. The van der Waals surface area contributed by atoms with Crippen molar-refractivity contribution in [3.63, 3.8) is 0 Å². The quantitative estimate of drug-likeness (QED) is 0.844. The van der Waals surface area contributed by atoms with E-state index in [1.165, 1.54) is 0 Å². The van der Waals surface area contributed by atoms with E-state index in [0.29, 0.717) is 23.9 Å². The van der Waals surface area contributed by atoms with Crippen LogP contribution in [0.5, 0.6) is 5.88 Å². The lowest BCUT2D eigenvalue weighted by atomic mass is 10.3. The van der Waals surface area contributed by atoms with Crippen molar-refractivity contribution in [2.45, 2.75) is 19.9 Å². The summed E-state index contributed by atoms with van der Waals surface area (Å²) in [6.45, 7) is 2.50. The van der Waals surface area contributed by atoms with Gasteiger partial charge in [0.15, 0.2) is 0 Å². The van der Waals surface area contributed by atoms with Gasteiger partial charge in [0.25, 0.3) is 0 Å². The lowest BCUT2D eigenvalue weighted by molar-refractivity contribution is -0.120. The average Bonchev–Trinajstić information content (AvgIpc) is 2.95. The molecule has 1 N–H and O–H groups in total. The minimum Gasteiger partial charge on any atom is -0.478 e. The Labute approximate surface area is 120 Å². The number of hydrogen-bond acceptors (Lipinski definition) is 7. The van der Waals surface area contributed by atoms with Crippen molar-refractivity contribution in [1.29, 1.82) is 5.26 Å². The number of rotatable bonds is 6. The van der Waals surface area contributed by atoms with Crippen molar-refractivity contribution >= 4 is 5.91 Å². The molecule has 0 spiro atoms. The average molecular weight is 287 g/mol.